The lowest BCUT2D eigenvalue weighted by Gasteiger charge is -2.15. The van der Waals surface area contributed by atoms with Gasteiger partial charge in [-0.05, 0) is 44.2 Å². The van der Waals surface area contributed by atoms with Crippen molar-refractivity contribution in [2.45, 2.75) is 19.9 Å². The Balaban J connectivity index is 1.73. The van der Waals surface area contributed by atoms with Crippen LogP contribution in [0.2, 0.25) is 0 Å². The summed E-state index contributed by atoms with van der Waals surface area (Å²) in [5, 5.41) is 2.89. The first-order valence-electron chi connectivity index (χ1n) is 7.46. The first-order chi connectivity index (χ1) is 11.0. The van der Waals surface area contributed by atoms with E-state index in [1.54, 1.807) is 24.3 Å². The molecule has 1 aliphatic heterocycles. The van der Waals surface area contributed by atoms with Crippen molar-refractivity contribution in [1.82, 2.24) is 5.32 Å². The van der Waals surface area contributed by atoms with E-state index in [-0.39, 0.29) is 18.0 Å². The minimum absolute atomic E-state index is 0.221. The molecule has 3 rings (SSSR count). The highest BCUT2D eigenvalue weighted by Gasteiger charge is 2.24. The lowest BCUT2D eigenvalue weighted by Crippen LogP contribution is -2.27. The summed E-state index contributed by atoms with van der Waals surface area (Å²) in [6.45, 7) is 4.57. The molecule has 120 valence electrons. The Morgan fingerprint density at radius 3 is 2.78 bits per heavy atom. The number of amides is 2. The number of benzene rings is 1. The third kappa shape index (κ3) is 3.21. The quantitative estimate of drug-likeness (QED) is 0.941. The number of nitrogens with zero attached hydrogens (tertiary/aromatic N) is 1. The number of hydrogen-bond donors (Lipinski definition) is 1. The Hall–Kier alpha value is -2.76. The average molecular weight is 314 g/mol. The molecule has 0 radical (unpaired) electrons. The van der Waals surface area contributed by atoms with Crippen LogP contribution in [-0.4, -0.2) is 25.2 Å². The van der Waals surface area contributed by atoms with Crippen molar-refractivity contribution in [3.8, 4) is 0 Å². The maximum atomic E-state index is 12.4. The summed E-state index contributed by atoms with van der Waals surface area (Å²) in [6.07, 6.45) is -0.387. The molecular weight excluding hydrogens is 296 g/mol. The second-order valence-corrected chi connectivity index (χ2v) is 5.46. The smallest absolute Gasteiger partial charge is 0.414 e. The van der Waals surface area contributed by atoms with E-state index in [4.69, 9.17) is 9.15 Å². The minimum Gasteiger partial charge on any atom is -0.464 e. The average Bonchev–Trinajstić information content (AvgIpc) is 3.16. The summed E-state index contributed by atoms with van der Waals surface area (Å²) in [6, 6.07) is 10.4. The Morgan fingerprint density at radius 2 is 2.13 bits per heavy atom. The highest BCUT2D eigenvalue weighted by Crippen LogP contribution is 2.21. The number of ether oxygens (including phenoxy) is 1. The summed E-state index contributed by atoms with van der Waals surface area (Å²) in [7, 11) is 0. The van der Waals surface area contributed by atoms with Crippen LogP contribution in [-0.2, 0) is 4.74 Å². The summed E-state index contributed by atoms with van der Waals surface area (Å²) in [5.74, 6) is 1.28. The number of furan rings is 1. The monoisotopic (exact) mass is 314 g/mol. The molecule has 0 saturated carbocycles. The van der Waals surface area contributed by atoms with Crippen molar-refractivity contribution in [2.75, 3.05) is 18.1 Å². The molecule has 2 amide bonds. The predicted octanol–water partition coefficient (Wildman–Crippen LogP) is 3.04. The highest BCUT2D eigenvalue weighted by atomic mass is 16.6. The lowest BCUT2D eigenvalue weighted by molar-refractivity contribution is 0.0935. The van der Waals surface area contributed by atoms with E-state index in [2.05, 4.69) is 5.32 Å². The van der Waals surface area contributed by atoms with Crippen LogP contribution >= 0.6 is 0 Å². The van der Waals surface area contributed by atoms with Crippen molar-refractivity contribution in [2.24, 2.45) is 0 Å². The van der Waals surface area contributed by atoms with Crippen molar-refractivity contribution in [1.29, 1.82) is 0 Å². The van der Waals surface area contributed by atoms with Gasteiger partial charge in [0.05, 0.1) is 12.6 Å². The number of aryl methyl sites for hydroxylation is 1. The molecule has 1 aromatic carbocycles. The molecule has 6 nitrogen and oxygen atoms in total. The molecule has 0 bridgehead atoms. The number of anilines is 1. The van der Waals surface area contributed by atoms with Gasteiger partial charge in [-0.15, -0.1) is 0 Å². The van der Waals surface area contributed by atoms with E-state index < -0.39 is 0 Å². The second kappa shape index (κ2) is 6.16. The van der Waals surface area contributed by atoms with Crippen molar-refractivity contribution < 1.29 is 18.7 Å². The van der Waals surface area contributed by atoms with Crippen LogP contribution in [0.3, 0.4) is 0 Å². The van der Waals surface area contributed by atoms with Crippen LogP contribution in [0.25, 0.3) is 0 Å². The molecule has 1 N–H and O–H groups in total. The topological polar surface area (TPSA) is 71.8 Å². The van der Waals surface area contributed by atoms with Gasteiger partial charge < -0.3 is 14.5 Å². The summed E-state index contributed by atoms with van der Waals surface area (Å²) >= 11 is 0. The fourth-order valence-electron chi connectivity index (χ4n) is 2.48. The standard InChI is InChI=1S/C17H18N2O4/c1-11-6-7-15(23-11)12(2)18-16(20)13-4-3-5-14(10-13)19-8-9-22-17(19)21/h3-7,10,12H,8-9H2,1-2H3,(H,18,20)/t12-/m0/s1. The SMILES string of the molecule is Cc1ccc([C@H](C)NC(=O)c2cccc(N3CCOC3=O)c2)o1. The zero-order chi connectivity index (χ0) is 16.4. The third-order valence-electron chi connectivity index (χ3n) is 3.72. The molecule has 23 heavy (non-hydrogen) atoms. The zero-order valence-corrected chi connectivity index (χ0v) is 13.0. The van der Waals surface area contributed by atoms with E-state index in [0.717, 1.165) is 5.76 Å². The molecule has 1 fully saturated rings. The highest BCUT2D eigenvalue weighted by molar-refractivity contribution is 5.97. The number of rotatable bonds is 4. The Morgan fingerprint density at radius 1 is 1.30 bits per heavy atom. The van der Waals surface area contributed by atoms with Crippen LogP contribution in [0.5, 0.6) is 0 Å². The number of carbonyl (C=O) groups excluding carboxylic acids is 2. The van der Waals surface area contributed by atoms with Gasteiger partial charge in [-0.2, -0.15) is 0 Å². The van der Waals surface area contributed by atoms with Gasteiger partial charge in [-0.3, -0.25) is 9.69 Å². The molecule has 0 unspecified atom stereocenters. The van der Waals surface area contributed by atoms with E-state index in [9.17, 15) is 9.59 Å². The zero-order valence-electron chi connectivity index (χ0n) is 13.0. The molecule has 1 atom stereocenters. The second-order valence-electron chi connectivity index (χ2n) is 5.46. The van der Waals surface area contributed by atoms with Crippen LogP contribution in [0.1, 0.15) is 34.8 Å². The van der Waals surface area contributed by atoms with Gasteiger partial charge in [0.15, 0.2) is 0 Å². The largest absolute Gasteiger partial charge is 0.464 e. The van der Waals surface area contributed by atoms with Crippen LogP contribution in [0.15, 0.2) is 40.8 Å². The first kappa shape index (κ1) is 15.1. The van der Waals surface area contributed by atoms with Crippen LogP contribution < -0.4 is 10.2 Å². The summed E-state index contributed by atoms with van der Waals surface area (Å²) in [4.78, 5) is 25.5. The maximum Gasteiger partial charge on any atom is 0.414 e. The number of nitrogens with one attached hydrogen (secondary N) is 1. The molecule has 0 spiro atoms. The normalized spacial score (nSPS) is 15.4. The van der Waals surface area contributed by atoms with E-state index in [0.29, 0.717) is 30.2 Å². The van der Waals surface area contributed by atoms with E-state index in [1.165, 1.54) is 4.90 Å². The third-order valence-corrected chi connectivity index (χ3v) is 3.72. The van der Waals surface area contributed by atoms with E-state index >= 15 is 0 Å². The maximum absolute atomic E-state index is 12.4. The fourth-order valence-corrected chi connectivity index (χ4v) is 2.48. The van der Waals surface area contributed by atoms with Gasteiger partial charge in [0.25, 0.3) is 5.91 Å². The van der Waals surface area contributed by atoms with Gasteiger partial charge in [0.2, 0.25) is 0 Å². The van der Waals surface area contributed by atoms with Crippen molar-refractivity contribution in [3.05, 3.63) is 53.5 Å². The first-order valence-corrected chi connectivity index (χ1v) is 7.46. The number of cyclic esters (lactones) is 1. The van der Waals surface area contributed by atoms with Gasteiger partial charge >= 0.3 is 6.09 Å². The minimum atomic E-state index is -0.387. The Kier molecular flexibility index (Phi) is 4.06. The molecular formula is C17H18N2O4. The molecule has 1 saturated heterocycles. The van der Waals surface area contributed by atoms with Crippen molar-refractivity contribution >= 4 is 17.7 Å². The molecule has 0 aliphatic carbocycles. The van der Waals surface area contributed by atoms with Crippen LogP contribution in [0, 0.1) is 6.92 Å². The summed E-state index contributed by atoms with van der Waals surface area (Å²) < 4.78 is 10.4. The van der Waals surface area contributed by atoms with Gasteiger partial charge in [-0.25, -0.2) is 4.79 Å². The lowest BCUT2D eigenvalue weighted by atomic mass is 10.1. The fraction of sp³-hybridized carbons (Fsp3) is 0.294. The van der Waals surface area contributed by atoms with Gasteiger partial charge in [0.1, 0.15) is 18.1 Å². The molecule has 6 heteroatoms. The Bertz CT molecular complexity index is 738. The van der Waals surface area contributed by atoms with E-state index in [1.807, 2.05) is 26.0 Å². The van der Waals surface area contributed by atoms with Crippen molar-refractivity contribution in [3.63, 3.8) is 0 Å². The van der Waals surface area contributed by atoms with Gasteiger partial charge in [-0.1, -0.05) is 6.07 Å². The predicted molar refractivity (Wildman–Crippen MR) is 84.5 cm³/mol. The number of hydrogen-bond acceptors (Lipinski definition) is 4. The summed E-state index contributed by atoms with van der Waals surface area (Å²) in [5.41, 5.74) is 1.14. The van der Waals surface area contributed by atoms with Gasteiger partial charge in [0, 0.05) is 11.3 Å². The number of carbonyl (C=O) groups is 2. The molecule has 2 heterocycles. The Labute approximate surface area is 134 Å². The molecule has 1 aromatic heterocycles. The molecule has 2 aromatic rings. The van der Waals surface area contributed by atoms with Crippen LogP contribution in [0.4, 0.5) is 10.5 Å². The molecule has 1 aliphatic rings.